The van der Waals surface area contributed by atoms with E-state index < -0.39 is 10.0 Å². The molecule has 2 N–H and O–H groups in total. The van der Waals surface area contributed by atoms with Crippen molar-refractivity contribution in [2.45, 2.75) is 31.0 Å². The summed E-state index contributed by atoms with van der Waals surface area (Å²) in [5.41, 5.74) is 0. The first-order chi connectivity index (χ1) is 7.50. The second-order valence-corrected chi connectivity index (χ2v) is 6.12. The van der Waals surface area contributed by atoms with Crippen LogP contribution in [-0.2, 0) is 10.0 Å². The van der Waals surface area contributed by atoms with Crippen LogP contribution in [0.1, 0.15) is 13.8 Å². The van der Waals surface area contributed by atoms with E-state index >= 15 is 0 Å². The number of hydrogen-bond donors (Lipinski definition) is 2. The molecule has 2 heterocycles. The van der Waals surface area contributed by atoms with Gasteiger partial charge in [0.15, 0.2) is 5.03 Å². The highest BCUT2D eigenvalue weighted by Gasteiger charge is 2.31. The molecule has 2 rings (SSSR count). The maximum absolute atomic E-state index is 12.2. The predicted octanol–water partition coefficient (Wildman–Crippen LogP) is -0.219. The third kappa shape index (κ3) is 2.11. The van der Waals surface area contributed by atoms with Crippen molar-refractivity contribution >= 4 is 10.0 Å². The molecule has 1 aromatic heterocycles. The molecule has 0 amide bonds. The van der Waals surface area contributed by atoms with Crippen LogP contribution >= 0.6 is 0 Å². The Morgan fingerprint density at radius 2 is 2.00 bits per heavy atom. The summed E-state index contributed by atoms with van der Waals surface area (Å²) in [6, 6.07) is 1.81. The van der Waals surface area contributed by atoms with Crippen LogP contribution in [-0.4, -0.2) is 48.1 Å². The maximum atomic E-state index is 12.2. The van der Waals surface area contributed by atoms with Crippen molar-refractivity contribution in [1.82, 2.24) is 19.8 Å². The minimum Gasteiger partial charge on any atom is -0.309 e. The lowest BCUT2D eigenvalue weighted by Gasteiger charge is -2.34. The Kier molecular flexibility index (Phi) is 3.00. The summed E-state index contributed by atoms with van der Waals surface area (Å²) in [7, 11) is -3.41. The molecule has 0 spiro atoms. The van der Waals surface area contributed by atoms with Crippen LogP contribution in [0.3, 0.4) is 0 Å². The molecule has 16 heavy (non-hydrogen) atoms. The molecule has 2 atom stereocenters. The van der Waals surface area contributed by atoms with Gasteiger partial charge < -0.3 is 5.32 Å². The van der Waals surface area contributed by atoms with E-state index in [1.165, 1.54) is 16.6 Å². The van der Waals surface area contributed by atoms with Crippen LogP contribution in [0, 0.1) is 0 Å². The SMILES string of the molecule is CC1CN(S(=O)(=O)c2ccn[nH]2)CC(C)N1. The smallest absolute Gasteiger partial charge is 0.260 e. The second-order valence-electron chi connectivity index (χ2n) is 4.21. The lowest BCUT2D eigenvalue weighted by molar-refractivity contribution is 0.262. The van der Waals surface area contributed by atoms with Gasteiger partial charge in [-0.15, -0.1) is 0 Å². The van der Waals surface area contributed by atoms with Gasteiger partial charge in [0.2, 0.25) is 0 Å². The Hall–Kier alpha value is -0.920. The molecule has 1 aromatic rings. The van der Waals surface area contributed by atoms with Gasteiger partial charge in [0.1, 0.15) is 0 Å². The molecular weight excluding hydrogens is 228 g/mol. The Morgan fingerprint density at radius 1 is 1.38 bits per heavy atom. The highest BCUT2D eigenvalue weighted by Crippen LogP contribution is 2.16. The van der Waals surface area contributed by atoms with Gasteiger partial charge in [-0.05, 0) is 19.9 Å². The summed E-state index contributed by atoms with van der Waals surface area (Å²) in [5, 5.41) is 9.63. The molecule has 2 unspecified atom stereocenters. The highest BCUT2D eigenvalue weighted by molar-refractivity contribution is 7.89. The molecule has 0 bridgehead atoms. The lowest BCUT2D eigenvalue weighted by atomic mass is 10.2. The monoisotopic (exact) mass is 244 g/mol. The number of nitrogens with one attached hydrogen (secondary N) is 2. The largest absolute Gasteiger partial charge is 0.309 e. The zero-order chi connectivity index (χ0) is 11.8. The quantitative estimate of drug-likeness (QED) is 0.754. The first-order valence-corrected chi connectivity index (χ1v) is 6.69. The molecule has 1 saturated heterocycles. The van der Waals surface area contributed by atoms with E-state index in [2.05, 4.69) is 15.5 Å². The third-order valence-corrected chi connectivity index (χ3v) is 4.38. The molecule has 0 radical (unpaired) electrons. The minimum atomic E-state index is -3.41. The van der Waals surface area contributed by atoms with E-state index in [4.69, 9.17) is 0 Å². The number of aromatic amines is 1. The van der Waals surface area contributed by atoms with Crippen molar-refractivity contribution in [2.24, 2.45) is 0 Å². The van der Waals surface area contributed by atoms with E-state index in [1.54, 1.807) is 0 Å². The first kappa shape index (κ1) is 11.6. The second kappa shape index (κ2) is 4.15. The normalized spacial score (nSPS) is 28.1. The number of sulfonamides is 1. The molecule has 1 aliphatic rings. The summed E-state index contributed by atoms with van der Waals surface area (Å²) >= 11 is 0. The van der Waals surface area contributed by atoms with E-state index in [0.29, 0.717) is 13.1 Å². The number of nitrogens with zero attached hydrogens (tertiary/aromatic N) is 2. The van der Waals surface area contributed by atoms with Crippen molar-refractivity contribution in [3.05, 3.63) is 12.3 Å². The van der Waals surface area contributed by atoms with Gasteiger partial charge >= 0.3 is 0 Å². The standard InChI is InChI=1S/C9H16N4O2S/c1-7-5-13(6-8(2)11-7)16(14,15)9-3-4-10-12-9/h3-4,7-8,11H,5-6H2,1-2H3,(H,10,12). The molecule has 7 heteroatoms. The number of piperazine rings is 1. The van der Waals surface area contributed by atoms with Crippen LogP contribution in [0.4, 0.5) is 0 Å². The predicted molar refractivity (Wildman–Crippen MR) is 59.4 cm³/mol. The molecule has 1 fully saturated rings. The topological polar surface area (TPSA) is 78.1 Å². The van der Waals surface area contributed by atoms with Crippen molar-refractivity contribution in [3.8, 4) is 0 Å². The van der Waals surface area contributed by atoms with Crippen molar-refractivity contribution < 1.29 is 8.42 Å². The van der Waals surface area contributed by atoms with E-state index in [1.807, 2.05) is 13.8 Å². The number of aromatic nitrogens is 2. The van der Waals surface area contributed by atoms with Crippen molar-refractivity contribution in [1.29, 1.82) is 0 Å². The van der Waals surface area contributed by atoms with Gasteiger partial charge in [0.05, 0.1) is 6.20 Å². The summed E-state index contributed by atoms with van der Waals surface area (Å²) in [5.74, 6) is 0. The fraction of sp³-hybridized carbons (Fsp3) is 0.667. The fourth-order valence-electron chi connectivity index (χ4n) is 2.00. The van der Waals surface area contributed by atoms with Crippen LogP contribution in [0.5, 0.6) is 0 Å². The van der Waals surface area contributed by atoms with Gasteiger partial charge in [0.25, 0.3) is 10.0 Å². The van der Waals surface area contributed by atoms with Crippen molar-refractivity contribution in [3.63, 3.8) is 0 Å². The molecule has 0 saturated carbocycles. The molecule has 0 aromatic carbocycles. The first-order valence-electron chi connectivity index (χ1n) is 5.25. The van der Waals surface area contributed by atoms with Crippen LogP contribution in [0.25, 0.3) is 0 Å². The number of hydrogen-bond acceptors (Lipinski definition) is 4. The number of H-pyrrole nitrogens is 1. The lowest BCUT2D eigenvalue weighted by Crippen LogP contribution is -2.55. The fourth-order valence-corrected chi connectivity index (χ4v) is 3.52. The van der Waals surface area contributed by atoms with Crippen molar-refractivity contribution in [2.75, 3.05) is 13.1 Å². The summed E-state index contributed by atoms with van der Waals surface area (Å²) in [6.45, 7) is 4.94. The molecule has 6 nitrogen and oxygen atoms in total. The van der Waals surface area contributed by atoms with Gasteiger partial charge in [0, 0.05) is 25.2 Å². The summed E-state index contributed by atoms with van der Waals surface area (Å²) in [6.07, 6.45) is 1.45. The average molecular weight is 244 g/mol. The molecule has 0 aliphatic carbocycles. The zero-order valence-electron chi connectivity index (χ0n) is 9.34. The average Bonchev–Trinajstić information content (AvgIpc) is 2.69. The zero-order valence-corrected chi connectivity index (χ0v) is 10.2. The van der Waals surface area contributed by atoms with E-state index in [9.17, 15) is 8.42 Å². The Morgan fingerprint density at radius 3 is 2.50 bits per heavy atom. The third-order valence-electron chi connectivity index (χ3n) is 2.62. The summed E-state index contributed by atoms with van der Waals surface area (Å²) < 4.78 is 25.8. The van der Waals surface area contributed by atoms with Crippen LogP contribution in [0.15, 0.2) is 17.3 Å². The van der Waals surface area contributed by atoms with Gasteiger partial charge in [-0.25, -0.2) is 8.42 Å². The van der Waals surface area contributed by atoms with E-state index in [0.717, 1.165) is 0 Å². The Balaban J connectivity index is 2.24. The Bertz CT molecular complexity index is 432. The van der Waals surface area contributed by atoms with Gasteiger partial charge in [-0.1, -0.05) is 0 Å². The molecule has 1 aliphatic heterocycles. The summed E-state index contributed by atoms with van der Waals surface area (Å²) in [4.78, 5) is 0. The van der Waals surface area contributed by atoms with E-state index in [-0.39, 0.29) is 17.1 Å². The number of rotatable bonds is 2. The van der Waals surface area contributed by atoms with Gasteiger partial charge in [-0.3, -0.25) is 5.10 Å². The highest BCUT2D eigenvalue weighted by atomic mass is 32.2. The molecular formula is C9H16N4O2S. The van der Waals surface area contributed by atoms with Crippen LogP contribution in [0.2, 0.25) is 0 Å². The van der Waals surface area contributed by atoms with Crippen LogP contribution < -0.4 is 5.32 Å². The molecule has 90 valence electrons. The van der Waals surface area contributed by atoms with Gasteiger partial charge in [-0.2, -0.15) is 9.40 Å². The Labute approximate surface area is 95.1 Å². The minimum absolute atomic E-state index is 0.161. The maximum Gasteiger partial charge on any atom is 0.260 e.